The SMILES string of the molecule is Cc1nnc([NH2+]CCO)s1.[Cl-]. The number of nitrogens with zero attached hydrogens (tertiary/aromatic N) is 2. The van der Waals surface area contributed by atoms with Gasteiger partial charge in [-0.05, 0) is 18.3 Å². The molecule has 0 aromatic carbocycles. The van der Waals surface area contributed by atoms with Gasteiger partial charge in [0.15, 0.2) is 0 Å². The summed E-state index contributed by atoms with van der Waals surface area (Å²) in [4.78, 5) is 0. The molecule has 0 spiro atoms. The fourth-order valence-electron chi connectivity index (χ4n) is 0.582. The van der Waals surface area contributed by atoms with Gasteiger partial charge in [-0.1, -0.05) is 5.10 Å². The molecule has 0 radical (unpaired) electrons. The molecule has 0 unspecified atom stereocenters. The van der Waals surface area contributed by atoms with Gasteiger partial charge in [-0.25, -0.2) is 0 Å². The fraction of sp³-hybridized carbons (Fsp3) is 0.600. The number of nitrogens with two attached hydrogens (primary N) is 1. The average Bonchev–Trinajstić information content (AvgIpc) is 2.31. The number of rotatable bonds is 3. The quantitative estimate of drug-likeness (QED) is 0.518. The average molecular weight is 196 g/mol. The number of aliphatic hydroxyl groups is 1. The highest BCUT2D eigenvalue weighted by Crippen LogP contribution is 2.06. The van der Waals surface area contributed by atoms with E-state index in [0.717, 1.165) is 10.1 Å². The molecule has 64 valence electrons. The Balaban J connectivity index is 0.000001000. The predicted molar refractivity (Wildman–Crippen MR) is 38.2 cm³/mol. The summed E-state index contributed by atoms with van der Waals surface area (Å²) < 4.78 is 0. The Hall–Kier alpha value is -0.230. The summed E-state index contributed by atoms with van der Waals surface area (Å²) >= 11 is 1.54. The molecule has 1 rings (SSSR count). The molecule has 3 N–H and O–H groups in total. The molecule has 0 amide bonds. The van der Waals surface area contributed by atoms with E-state index in [0.29, 0.717) is 6.54 Å². The van der Waals surface area contributed by atoms with Gasteiger partial charge in [-0.3, -0.25) is 5.32 Å². The first-order valence-corrected chi connectivity index (χ1v) is 3.89. The number of hydrogen-bond donors (Lipinski definition) is 2. The maximum absolute atomic E-state index is 8.46. The fourth-order valence-corrected chi connectivity index (χ4v) is 1.25. The van der Waals surface area contributed by atoms with Gasteiger partial charge in [-0.2, -0.15) is 0 Å². The van der Waals surface area contributed by atoms with Crippen LogP contribution in [0.25, 0.3) is 0 Å². The molecule has 6 heteroatoms. The molecule has 11 heavy (non-hydrogen) atoms. The molecular weight excluding hydrogens is 186 g/mol. The molecule has 0 atom stereocenters. The summed E-state index contributed by atoms with van der Waals surface area (Å²) in [6.07, 6.45) is 0. The zero-order valence-electron chi connectivity index (χ0n) is 6.12. The molecule has 0 fully saturated rings. The van der Waals surface area contributed by atoms with Crippen LogP contribution in [0.2, 0.25) is 0 Å². The first-order valence-electron chi connectivity index (χ1n) is 3.07. The van der Waals surface area contributed by atoms with Crippen molar-refractivity contribution in [3.8, 4) is 0 Å². The Morgan fingerprint density at radius 1 is 1.55 bits per heavy atom. The van der Waals surface area contributed by atoms with E-state index in [1.807, 2.05) is 12.2 Å². The minimum Gasteiger partial charge on any atom is -1.00 e. The lowest BCUT2D eigenvalue weighted by Crippen LogP contribution is -3.00. The molecule has 1 aromatic rings. The minimum atomic E-state index is 0. The number of aryl methyl sites for hydroxylation is 1. The predicted octanol–water partition coefficient (Wildman–Crippen LogP) is -3.96. The van der Waals surface area contributed by atoms with Crippen LogP contribution < -0.4 is 17.7 Å². The van der Waals surface area contributed by atoms with Gasteiger partial charge >= 0.3 is 5.13 Å². The van der Waals surface area contributed by atoms with E-state index in [1.165, 1.54) is 11.3 Å². The number of aromatic nitrogens is 2. The minimum absolute atomic E-state index is 0. The van der Waals surface area contributed by atoms with Gasteiger partial charge < -0.3 is 17.5 Å². The normalized spacial score (nSPS) is 9.27. The standard InChI is InChI=1S/C5H9N3OS.ClH/c1-4-7-8-5(10-4)6-2-3-9;/h9H,2-3H2,1H3,(H,6,8);1H. The largest absolute Gasteiger partial charge is 1.00 e. The Bertz CT molecular complexity index is 205. The Morgan fingerprint density at radius 2 is 2.27 bits per heavy atom. The highest BCUT2D eigenvalue weighted by Gasteiger charge is 2.01. The van der Waals surface area contributed by atoms with Gasteiger partial charge in [0.2, 0.25) is 0 Å². The number of halogens is 1. The lowest BCUT2D eigenvalue weighted by Gasteiger charge is -1.87. The molecule has 0 aliphatic heterocycles. The van der Waals surface area contributed by atoms with Crippen molar-refractivity contribution in [1.29, 1.82) is 0 Å². The Kier molecular flexibility index (Phi) is 5.31. The van der Waals surface area contributed by atoms with Crippen molar-refractivity contribution < 1.29 is 22.8 Å². The van der Waals surface area contributed by atoms with Gasteiger partial charge in [0.25, 0.3) is 0 Å². The lowest BCUT2D eigenvalue weighted by molar-refractivity contribution is -0.573. The highest BCUT2D eigenvalue weighted by atomic mass is 35.5. The van der Waals surface area contributed by atoms with E-state index in [-0.39, 0.29) is 19.0 Å². The molecule has 0 bridgehead atoms. The lowest BCUT2D eigenvalue weighted by atomic mass is 10.7. The number of aliphatic hydroxyl groups excluding tert-OH is 1. The maximum Gasteiger partial charge on any atom is 0.303 e. The van der Waals surface area contributed by atoms with Crippen LogP contribution in [0.5, 0.6) is 0 Å². The zero-order valence-corrected chi connectivity index (χ0v) is 7.69. The number of hydrogen-bond acceptors (Lipinski definition) is 4. The smallest absolute Gasteiger partial charge is 0.303 e. The first-order chi connectivity index (χ1) is 4.83. The summed E-state index contributed by atoms with van der Waals surface area (Å²) in [6, 6.07) is 0. The van der Waals surface area contributed by atoms with Crippen molar-refractivity contribution in [3.63, 3.8) is 0 Å². The van der Waals surface area contributed by atoms with E-state index in [2.05, 4.69) is 10.2 Å². The molecule has 0 saturated carbocycles. The second kappa shape index (κ2) is 5.42. The Labute approximate surface area is 75.1 Å². The van der Waals surface area contributed by atoms with Crippen molar-refractivity contribution in [1.82, 2.24) is 10.2 Å². The van der Waals surface area contributed by atoms with Crippen LogP contribution in [0.3, 0.4) is 0 Å². The molecule has 1 heterocycles. The van der Waals surface area contributed by atoms with Crippen molar-refractivity contribution >= 4 is 16.5 Å². The van der Waals surface area contributed by atoms with Crippen molar-refractivity contribution in [2.45, 2.75) is 6.92 Å². The van der Waals surface area contributed by atoms with Gasteiger partial charge in [0, 0.05) is 0 Å². The monoisotopic (exact) mass is 195 g/mol. The van der Waals surface area contributed by atoms with Crippen LogP contribution in [-0.4, -0.2) is 28.5 Å². The number of quaternary nitrogens is 1. The van der Waals surface area contributed by atoms with Gasteiger partial charge in [-0.15, -0.1) is 5.10 Å². The molecule has 4 nitrogen and oxygen atoms in total. The topological polar surface area (TPSA) is 62.6 Å². The summed E-state index contributed by atoms with van der Waals surface area (Å²) in [7, 11) is 0. The zero-order chi connectivity index (χ0) is 7.40. The first kappa shape index (κ1) is 10.8. The van der Waals surface area contributed by atoms with Crippen molar-refractivity contribution in [2.75, 3.05) is 13.2 Å². The van der Waals surface area contributed by atoms with E-state index in [1.54, 1.807) is 0 Å². The summed E-state index contributed by atoms with van der Waals surface area (Å²) in [5.41, 5.74) is 0. The summed E-state index contributed by atoms with van der Waals surface area (Å²) in [5, 5.41) is 19.9. The van der Waals surface area contributed by atoms with E-state index < -0.39 is 0 Å². The van der Waals surface area contributed by atoms with Crippen LogP contribution in [0.15, 0.2) is 0 Å². The van der Waals surface area contributed by atoms with Crippen molar-refractivity contribution in [3.05, 3.63) is 5.01 Å². The van der Waals surface area contributed by atoms with E-state index in [9.17, 15) is 0 Å². The summed E-state index contributed by atoms with van der Waals surface area (Å²) in [6.45, 7) is 2.75. The third-order valence-electron chi connectivity index (χ3n) is 0.990. The van der Waals surface area contributed by atoms with Crippen LogP contribution in [0, 0.1) is 6.92 Å². The van der Waals surface area contributed by atoms with Crippen LogP contribution in [0.1, 0.15) is 5.01 Å². The van der Waals surface area contributed by atoms with Crippen molar-refractivity contribution in [2.24, 2.45) is 0 Å². The molecule has 0 saturated heterocycles. The molecule has 0 aliphatic carbocycles. The third kappa shape index (κ3) is 3.62. The van der Waals surface area contributed by atoms with E-state index in [4.69, 9.17) is 5.11 Å². The molecule has 1 aromatic heterocycles. The van der Waals surface area contributed by atoms with Gasteiger partial charge in [0.05, 0.1) is 6.61 Å². The molecular formula is C5H10ClN3OS. The van der Waals surface area contributed by atoms with E-state index >= 15 is 0 Å². The van der Waals surface area contributed by atoms with Gasteiger partial charge in [0.1, 0.15) is 11.6 Å². The van der Waals surface area contributed by atoms with Crippen LogP contribution >= 0.6 is 11.3 Å². The van der Waals surface area contributed by atoms with Crippen LogP contribution in [0.4, 0.5) is 5.13 Å². The third-order valence-corrected chi connectivity index (χ3v) is 1.82. The second-order valence-electron chi connectivity index (χ2n) is 1.88. The second-order valence-corrected chi connectivity index (χ2v) is 3.09. The summed E-state index contributed by atoms with van der Waals surface area (Å²) in [5.74, 6) is 0. The van der Waals surface area contributed by atoms with Crippen LogP contribution in [-0.2, 0) is 0 Å². The highest BCUT2D eigenvalue weighted by molar-refractivity contribution is 7.14. The maximum atomic E-state index is 8.46. The molecule has 0 aliphatic rings. The Morgan fingerprint density at radius 3 is 2.73 bits per heavy atom.